The molecule has 2 saturated heterocycles. The largest absolute Gasteiger partial charge is 0.329 e. The Hall–Kier alpha value is -0.120. The molecule has 0 aromatic heterocycles. The normalized spacial score (nSPS) is 36.2. The van der Waals surface area contributed by atoms with Gasteiger partial charge in [0.15, 0.2) is 0 Å². The molecular weight excluding hydrogens is 234 g/mol. The van der Waals surface area contributed by atoms with Crippen LogP contribution in [0.2, 0.25) is 0 Å². The second-order valence-corrected chi connectivity index (χ2v) is 7.29. The monoisotopic (exact) mass is 265 g/mol. The Labute approximate surface area is 118 Å². The summed E-state index contributed by atoms with van der Waals surface area (Å²) in [5.41, 5.74) is 6.62. The Morgan fingerprint density at radius 2 is 2.00 bits per heavy atom. The number of hydrogen-bond donors (Lipinski definition) is 1. The maximum atomic E-state index is 6.34. The SMILES string of the molecule is CC(C)N(CC1CC1)C1(CN)CCN2CCCCC21. The van der Waals surface area contributed by atoms with Gasteiger partial charge in [0.05, 0.1) is 5.54 Å². The van der Waals surface area contributed by atoms with Crippen molar-refractivity contribution >= 4 is 0 Å². The van der Waals surface area contributed by atoms with Gasteiger partial charge in [-0.3, -0.25) is 9.80 Å². The summed E-state index contributed by atoms with van der Waals surface area (Å²) in [6, 6.07) is 1.36. The molecule has 3 rings (SSSR count). The van der Waals surface area contributed by atoms with Crippen molar-refractivity contribution in [2.45, 2.75) is 70.0 Å². The van der Waals surface area contributed by atoms with Gasteiger partial charge in [-0.25, -0.2) is 0 Å². The third kappa shape index (κ3) is 2.45. The van der Waals surface area contributed by atoms with Gasteiger partial charge in [0, 0.05) is 31.7 Å². The van der Waals surface area contributed by atoms with E-state index in [9.17, 15) is 0 Å². The Kier molecular flexibility index (Phi) is 3.89. The zero-order chi connectivity index (χ0) is 13.5. The maximum absolute atomic E-state index is 6.34. The van der Waals surface area contributed by atoms with Gasteiger partial charge in [-0.05, 0) is 58.4 Å². The van der Waals surface area contributed by atoms with E-state index >= 15 is 0 Å². The number of piperidine rings is 1. The Morgan fingerprint density at radius 1 is 1.21 bits per heavy atom. The van der Waals surface area contributed by atoms with E-state index in [1.54, 1.807) is 0 Å². The van der Waals surface area contributed by atoms with Gasteiger partial charge in [-0.2, -0.15) is 0 Å². The molecular formula is C16H31N3. The predicted octanol–water partition coefficient (Wildman–Crippen LogP) is 2.06. The molecule has 1 saturated carbocycles. The topological polar surface area (TPSA) is 32.5 Å². The lowest BCUT2D eigenvalue weighted by molar-refractivity contribution is 0.0123. The molecule has 3 aliphatic rings. The molecule has 2 unspecified atom stereocenters. The second-order valence-electron chi connectivity index (χ2n) is 7.29. The Balaban J connectivity index is 1.82. The third-order valence-electron chi connectivity index (χ3n) is 5.77. The molecule has 0 bridgehead atoms. The Morgan fingerprint density at radius 3 is 2.63 bits per heavy atom. The molecule has 2 heterocycles. The molecule has 3 heteroatoms. The van der Waals surface area contributed by atoms with Crippen LogP contribution >= 0.6 is 0 Å². The zero-order valence-electron chi connectivity index (χ0n) is 12.8. The summed E-state index contributed by atoms with van der Waals surface area (Å²) >= 11 is 0. The molecule has 2 atom stereocenters. The molecule has 2 aliphatic heterocycles. The Bertz CT molecular complexity index is 313. The van der Waals surface area contributed by atoms with E-state index in [1.165, 1.54) is 58.2 Å². The van der Waals surface area contributed by atoms with Crippen LogP contribution in [0, 0.1) is 5.92 Å². The summed E-state index contributed by atoms with van der Waals surface area (Å²) in [6.45, 7) is 9.45. The summed E-state index contributed by atoms with van der Waals surface area (Å²) in [7, 11) is 0. The third-order valence-corrected chi connectivity index (χ3v) is 5.77. The molecule has 3 fully saturated rings. The van der Waals surface area contributed by atoms with Gasteiger partial charge in [0.1, 0.15) is 0 Å². The van der Waals surface area contributed by atoms with Crippen LogP contribution in [0.25, 0.3) is 0 Å². The zero-order valence-corrected chi connectivity index (χ0v) is 12.8. The highest BCUT2D eigenvalue weighted by Crippen LogP contribution is 2.42. The molecule has 0 aromatic carbocycles. The first-order valence-corrected chi connectivity index (χ1v) is 8.38. The fraction of sp³-hybridized carbons (Fsp3) is 1.00. The van der Waals surface area contributed by atoms with Gasteiger partial charge in [-0.1, -0.05) is 6.42 Å². The molecule has 110 valence electrons. The van der Waals surface area contributed by atoms with Crippen LogP contribution in [0.3, 0.4) is 0 Å². The molecule has 2 N–H and O–H groups in total. The lowest BCUT2D eigenvalue weighted by atomic mass is 9.82. The minimum Gasteiger partial charge on any atom is -0.329 e. The summed E-state index contributed by atoms with van der Waals surface area (Å²) in [5.74, 6) is 0.962. The molecule has 1 aliphatic carbocycles. The predicted molar refractivity (Wildman–Crippen MR) is 80.2 cm³/mol. The molecule has 0 aromatic rings. The van der Waals surface area contributed by atoms with E-state index in [1.807, 2.05) is 0 Å². The van der Waals surface area contributed by atoms with Gasteiger partial charge in [0.2, 0.25) is 0 Å². The van der Waals surface area contributed by atoms with Crippen molar-refractivity contribution in [3.05, 3.63) is 0 Å². The van der Waals surface area contributed by atoms with Crippen molar-refractivity contribution in [3.63, 3.8) is 0 Å². The number of fused-ring (bicyclic) bond motifs is 1. The van der Waals surface area contributed by atoms with Gasteiger partial charge >= 0.3 is 0 Å². The average Bonchev–Trinajstić information content (AvgIpc) is 3.16. The highest BCUT2D eigenvalue weighted by molar-refractivity contribution is 5.10. The standard InChI is InChI=1S/C16H31N3/c1-13(2)19(11-14-6-7-14)16(12-17)8-10-18-9-4-3-5-15(16)18/h13-15H,3-12,17H2,1-2H3. The fourth-order valence-corrected chi connectivity index (χ4v) is 4.55. The van der Waals surface area contributed by atoms with E-state index in [2.05, 4.69) is 23.6 Å². The number of nitrogens with two attached hydrogens (primary N) is 1. The van der Waals surface area contributed by atoms with E-state index in [0.717, 1.165) is 18.5 Å². The summed E-state index contributed by atoms with van der Waals surface area (Å²) in [4.78, 5) is 5.53. The lowest BCUT2D eigenvalue weighted by Crippen LogP contribution is -2.64. The van der Waals surface area contributed by atoms with E-state index in [0.29, 0.717) is 6.04 Å². The highest BCUT2D eigenvalue weighted by atomic mass is 15.3. The highest BCUT2D eigenvalue weighted by Gasteiger charge is 2.51. The summed E-state index contributed by atoms with van der Waals surface area (Å²) < 4.78 is 0. The summed E-state index contributed by atoms with van der Waals surface area (Å²) in [6.07, 6.45) is 8.33. The first-order chi connectivity index (χ1) is 9.17. The van der Waals surface area contributed by atoms with Crippen molar-refractivity contribution in [1.29, 1.82) is 0 Å². The maximum Gasteiger partial charge on any atom is 0.0501 e. The average molecular weight is 265 g/mol. The van der Waals surface area contributed by atoms with Crippen LogP contribution in [-0.4, -0.2) is 53.6 Å². The quantitative estimate of drug-likeness (QED) is 0.826. The van der Waals surface area contributed by atoms with Crippen LogP contribution in [0.15, 0.2) is 0 Å². The fourth-order valence-electron chi connectivity index (χ4n) is 4.55. The second kappa shape index (κ2) is 5.34. The van der Waals surface area contributed by atoms with Crippen molar-refractivity contribution in [3.8, 4) is 0 Å². The van der Waals surface area contributed by atoms with Crippen molar-refractivity contribution in [2.75, 3.05) is 26.2 Å². The molecule has 0 radical (unpaired) electrons. The van der Waals surface area contributed by atoms with E-state index in [4.69, 9.17) is 5.73 Å². The molecule has 0 amide bonds. The van der Waals surface area contributed by atoms with Crippen molar-refractivity contribution in [1.82, 2.24) is 9.80 Å². The van der Waals surface area contributed by atoms with Gasteiger partial charge in [0.25, 0.3) is 0 Å². The number of rotatable bonds is 5. The van der Waals surface area contributed by atoms with E-state index < -0.39 is 0 Å². The van der Waals surface area contributed by atoms with Crippen LogP contribution in [-0.2, 0) is 0 Å². The molecule has 19 heavy (non-hydrogen) atoms. The first-order valence-electron chi connectivity index (χ1n) is 8.38. The van der Waals surface area contributed by atoms with Crippen molar-refractivity contribution in [2.24, 2.45) is 11.7 Å². The van der Waals surface area contributed by atoms with Crippen molar-refractivity contribution < 1.29 is 0 Å². The number of hydrogen-bond acceptors (Lipinski definition) is 3. The van der Waals surface area contributed by atoms with Gasteiger partial charge < -0.3 is 5.73 Å². The molecule has 3 nitrogen and oxygen atoms in total. The smallest absolute Gasteiger partial charge is 0.0501 e. The van der Waals surface area contributed by atoms with E-state index in [-0.39, 0.29) is 5.54 Å². The van der Waals surface area contributed by atoms with Gasteiger partial charge in [-0.15, -0.1) is 0 Å². The van der Waals surface area contributed by atoms with Crippen LogP contribution < -0.4 is 5.73 Å². The lowest BCUT2D eigenvalue weighted by Gasteiger charge is -2.49. The first kappa shape index (κ1) is 13.8. The van der Waals surface area contributed by atoms with Crippen LogP contribution in [0.4, 0.5) is 0 Å². The molecule has 0 spiro atoms. The number of nitrogens with zero attached hydrogens (tertiary/aromatic N) is 2. The minimum absolute atomic E-state index is 0.275. The minimum atomic E-state index is 0.275. The summed E-state index contributed by atoms with van der Waals surface area (Å²) in [5, 5.41) is 0. The van der Waals surface area contributed by atoms with Crippen LogP contribution in [0.1, 0.15) is 52.4 Å². The van der Waals surface area contributed by atoms with Crippen LogP contribution in [0.5, 0.6) is 0 Å².